The summed E-state index contributed by atoms with van der Waals surface area (Å²) >= 11 is 0. The third kappa shape index (κ3) is 2.10. The summed E-state index contributed by atoms with van der Waals surface area (Å²) in [5.74, 6) is 1.01. The van der Waals surface area contributed by atoms with Crippen molar-refractivity contribution in [1.29, 1.82) is 0 Å². The highest BCUT2D eigenvalue weighted by molar-refractivity contribution is 6.03. The molecule has 4 aromatic rings. The number of pyridine rings is 1. The number of benzene rings is 2. The first kappa shape index (κ1) is 15.1. The number of rotatable bonds is 4. The second-order valence-corrected chi connectivity index (χ2v) is 6.58. The molecule has 0 aliphatic carbocycles. The van der Waals surface area contributed by atoms with E-state index in [1.165, 1.54) is 0 Å². The Morgan fingerprint density at radius 1 is 1.12 bits per heavy atom. The van der Waals surface area contributed by atoms with Gasteiger partial charge in [-0.15, -0.1) is 0 Å². The molecule has 4 heteroatoms. The van der Waals surface area contributed by atoms with Crippen LogP contribution in [0.2, 0.25) is 0 Å². The first-order valence-electron chi connectivity index (χ1n) is 8.44. The molecule has 0 N–H and O–H groups in total. The highest BCUT2D eigenvalue weighted by Crippen LogP contribution is 2.28. The molecule has 2 aromatic heterocycles. The van der Waals surface area contributed by atoms with Gasteiger partial charge in [0.25, 0.3) is 0 Å². The van der Waals surface area contributed by atoms with Gasteiger partial charge in [0.2, 0.25) is 0 Å². The van der Waals surface area contributed by atoms with Crippen LogP contribution in [0.15, 0.2) is 41.2 Å². The van der Waals surface area contributed by atoms with Crippen LogP contribution in [0.5, 0.6) is 0 Å². The van der Waals surface area contributed by atoms with Crippen molar-refractivity contribution in [2.24, 2.45) is 0 Å². The predicted molar refractivity (Wildman–Crippen MR) is 99.3 cm³/mol. The number of fused-ring (bicyclic) bond motifs is 2. The summed E-state index contributed by atoms with van der Waals surface area (Å²) in [4.78, 5) is 20.1. The molecule has 0 radical (unpaired) electrons. The topological polar surface area (TPSA) is 37.6 Å². The minimum atomic E-state index is 0.125. The molecule has 0 aliphatic heterocycles. The molecule has 2 aromatic carbocycles. The summed E-state index contributed by atoms with van der Waals surface area (Å²) in [7, 11) is 4.11. The zero-order valence-electron chi connectivity index (χ0n) is 14.3. The fourth-order valence-electron chi connectivity index (χ4n) is 3.55. The van der Waals surface area contributed by atoms with Crippen LogP contribution < -0.4 is 5.43 Å². The zero-order valence-corrected chi connectivity index (χ0v) is 14.3. The van der Waals surface area contributed by atoms with E-state index in [1.54, 1.807) is 0 Å². The first-order valence-corrected chi connectivity index (χ1v) is 8.44. The summed E-state index contributed by atoms with van der Waals surface area (Å²) in [5, 5.41) is 1.61. The molecule has 0 saturated heterocycles. The van der Waals surface area contributed by atoms with Gasteiger partial charge in [-0.25, -0.2) is 4.98 Å². The molecular weight excluding hydrogens is 298 g/mol. The summed E-state index contributed by atoms with van der Waals surface area (Å²) in [6.07, 6.45) is 1.70. The van der Waals surface area contributed by atoms with Crippen molar-refractivity contribution in [2.45, 2.75) is 19.8 Å². The van der Waals surface area contributed by atoms with Crippen molar-refractivity contribution >= 4 is 27.3 Å². The van der Waals surface area contributed by atoms with E-state index in [9.17, 15) is 4.79 Å². The monoisotopic (exact) mass is 319 g/mol. The number of imidazole rings is 1. The van der Waals surface area contributed by atoms with E-state index < -0.39 is 0 Å². The van der Waals surface area contributed by atoms with E-state index in [4.69, 9.17) is 4.98 Å². The lowest BCUT2D eigenvalue weighted by Crippen LogP contribution is -2.17. The lowest BCUT2D eigenvalue weighted by atomic mass is 10.0. The molecule has 0 amide bonds. The van der Waals surface area contributed by atoms with Crippen LogP contribution in [0.3, 0.4) is 0 Å². The Kier molecular flexibility index (Phi) is 3.50. The van der Waals surface area contributed by atoms with E-state index in [0.717, 1.165) is 58.1 Å². The highest BCUT2D eigenvalue weighted by atomic mass is 16.1. The fourth-order valence-corrected chi connectivity index (χ4v) is 3.55. The third-order valence-electron chi connectivity index (χ3n) is 4.74. The number of hydrogen-bond acceptors (Lipinski definition) is 3. The SMILES string of the molecule is CCc1nc2ccc(CCN(C)C)c3c(=O)c4ccccc4n1c23. The second kappa shape index (κ2) is 5.56. The average Bonchev–Trinajstić information content (AvgIpc) is 2.97. The summed E-state index contributed by atoms with van der Waals surface area (Å²) in [5.41, 5.74) is 4.09. The normalized spacial score (nSPS) is 12.2. The molecule has 0 aliphatic rings. The van der Waals surface area contributed by atoms with Gasteiger partial charge in [0.15, 0.2) is 5.43 Å². The van der Waals surface area contributed by atoms with Gasteiger partial charge in [0.1, 0.15) is 5.82 Å². The minimum absolute atomic E-state index is 0.125. The average molecular weight is 319 g/mol. The Morgan fingerprint density at radius 2 is 1.92 bits per heavy atom. The van der Waals surface area contributed by atoms with Crippen LogP contribution in [-0.2, 0) is 12.8 Å². The summed E-state index contributed by atoms with van der Waals surface area (Å²) in [6.45, 7) is 3.03. The minimum Gasteiger partial charge on any atom is -0.309 e. The quantitative estimate of drug-likeness (QED) is 0.542. The molecule has 0 spiro atoms. The van der Waals surface area contributed by atoms with Gasteiger partial charge in [0.05, 0.1) is 21.9 Å². The van der Waals surface area contributed by atoms with Crippen molar-refractivity contribution in [3.8, 4) is 0 Å². The predicted octanol–water partition coefficient (Wildman–Crippen LogP) is 3.11. The molecule has 0 atom stereocenters. The molecule has 4 nitrogen and oxygen atoms in total. The second-order valence-electron chi connectivity index (χ2n) is 6.58. The lowest BCUT2D eigenvalue weighted by Gasteiger charge is -2.13. The molecule has 0 fully saturated rings. The standard InChI is InChI=1S/C20H21N3O/c1-4-17-21-15-10-9-13(11-12-22(2)3)18-19(15)23(17)16-8-6-5-7-14(16)20(18)24/h5-10H,4,11-12H2,1-3H3. The van der Waals surface area contributed by atoms with E-state index in [1.807, 2.05) is 24.3 Å². The number of aryl methyl sites for hydroxylation is 1. The van der Waals surface area contributed by atoms with Gasteiger partial charge < -0.3 is 4.90 Å². The van der Waals surface area contributed by atoms with Gasteiger partial charge in [-0.2, -0.15) is 0 Å². The molecule has 0 bridgehead atoms. The van der Waals surface area contributed by atoms with Crippen LogP contribution >= 0.6 is 0 Å². The zero-order chi connectivity index (χ0) is 16.8. The van der Waals surface area contributed by atoms with Crippen molar-refractivity contribution in [3.63, 3.8) is 0 Å². The van der Waals surface area contributed by atoms with Gasteiger partial charge >= 0.3 is 0 Å². The summed E-state index contributed by atoms with van der Waals surface area (Å²) < 4.78 is 2.18. The Labute approximate surface area is 140 Å². The maximum atomic E-state index is 13.2. The van der Waals surface area contributed by atoms with E-state index in [-0.39, 0.29) is 5.43 Å². The molecule has 4 rings (SSSR count). The first-order chi connectivity index (χ1) is 11.6. The van der Waals surface area contributed by atoms with Crippen LogP contribution in [-0.4, -0.2) is 34.9 Å². The lowest BCUT2D eigenvalue weighted by molar-refractivity contribution is 0.414. The van der Waals surface area contributed by atoms with Crippen LogP contribution in [0.1, 0.15) is 18.3 Å². The van der Waals surface area contributed by atoms with Crippen molar-refractivity contribution in [2.75, 3.05) is 20.6 Å². The largest absolute Gasteiger partial charge is 0.309 e. The van der Waals surface area contributed by atoms with Crippen molar-refractivity contribution in [1.82, 2.24) is 14.3 Å². The van der Waals surface area contributed by atoms with E-state index in [0.29, 0.717) is 0 Å². The number of hydrogen-bond donors (Lipinski definition) is 0. The van der Waals surface area contributed by atoms with Crippen molar-refractivity contribution < 1.29 is 0 Å². The smallest absolute Gasteiger partial charge is 0.197 e. The Morgan fingerprint density at radius 3 is 2.67 bits per heavy atom. The Bertz CT molecular complexity index is 1090. The number of nitrogens with zero attached hydrogens (tertiary/aromatic N) is 3. The number of likely N-dealkylation sites (N-methyl/N-ethyl adjacent to an activating group) is 1. The molecule has 0 saturated carbocycles. The maximum absolute atomic E-state index is 13.2. The van der Waals surface area contributed by atoms with Crippen molar-refractivity contribution in [3.05, 3.63) is 58.0 Å². The van der Waals surface area contributed by atoms with Crippen LogP contribution in [0.4, 0.5) is 0 Å². The number of aromatic nitrogens is 2. The number of para-hydroxylation sites is 1. The molecule has 122 valence electrons. The highest BCUT2D eigenvalue weighted by Gasteiger charge is 2.18. The Hall–Kier alpha value is -2.46. The summed E-state index contributed by atoms with van der Waals surface area (Å²) in [6, 6.07) is 12.0. The van der Waals surface area contributed by atoms with Gasteiger partial charge in [0, 0.05) is 18.4 Å². The molecule has 2 heterocycles. The van der Waals surface area contributed by atoms with Gasteiger partial charge in [-0.1, -0.05) is 25.1 Å². The van der Waals surface area contributed by atoms with Gasteiger partial charge in [-0.3, -0.25) is 9.20 Å². The molecule has 24 heavy (non-hydrogen) atoms. The fraction of sp³-hybridized carbons (Fsp3) is 0.300. The molecular formula is C20H21N3O. The molecule has 0 unspecified atom stereocenters. The van der Waals surface area contributed by atoms with E-state index >= 15 is 0 Å². The maximum Gasteiger partial charge on any atom is 0.197 e. The van der Waals surface area contributed by atoms with E-state index in [2.05, 4.69) is 42.5 Å². The van der Waals surface area contributed by atoms with Crippen LogP contribution in [0, 0.1) is 0 Å². The van der Waals surface area contributed by atoms with Crippen LogP contribution in [0.25, 0.3) is 27.3 Å². The third-order valence-corrected chi connectivity index (χ3v) is 4.74. The van der Waals surface area contributed by atoms with Gasteiger partial charge in [-0.05, 0) is 44.3 Å². The Balaban J connectivity index is 2.18.